The topological polar surface area (TPSA) is 83.7 Å². The van der Waals surface area contributed by atoms with Crippen molar-refractivity contribution < 1.29 is 13.2 Å². The minimum Gasteiger partial charge on any atom is -0.339 e. The van der Waals surface area contributed by atoms with Crippen LogP contribution in [0.2, 0.25) is 0 Å². The molecule has 2 N–H and O–H groups in total. The molecule has 136 valence electrons. The summed E-state index contributed by atoms with van der Waals surface area (Å²) in [5, 5.41) is 0. The molecule has 1 aromatic carbocycles. The second-order valence-corrected chi connectivity index (χ2v) is 8.27. The molecule has 1 fully saturated rings. The maximum Gasteiger partial charge on any atom is 0.253 e. The summed E-state index contributed by atoms with van der Waals surface area (Å²) in [6.45, 7) is 4.93. The highest BCUT2D eigenvalue weighted by molar-refractivity contribution is 7.89. The van der Waals surface area contributed by atoms with Crippen molar-refractivity contribution in [2.75, 3.05) is 20.1 Å². The van der Waals surface area contributed by atoms with Gasteiger partial charge in [-0.1, -0.05) is 0 Å². The van der Waals surface area contributed by atoms with Crippen molar-refractivity contribution in [3.8, 4) is 0 Å². The SMILES string of the molecule is CC(C)N(C)S(=O)(=O)c1ccc(C(=O)N2CCC(N)CC2)cc1.Cl. The molecule has 0 spiro atoms. The second-order valence-electron chi connectivity index (χ2n) is 6.27. The van der Waals surface area contributed by atoms with E-state index < -0.39 is 10.0 Å². The molecule has 6 nitrogen and oxygen atoms in total. The Morgan fingerprint density at radius 2 is 1.71 bits per heavy atom. The number of sulfonamides is 1. The molecule has 0 aliphatic carbocycles. The van der Waals surface area contributed by atoms with Crippen LogP contribution in [0.5, 0.6) is 0 Å². The van der Waals surface area contributed by atoms with Crippen molar-refractivity contribution in [3.63, 3.8) is 0 Å². The Balaban J connectivity index is 0.00000288. The molecular formula is C16H26ClN3O3S. The van der Waals surface area contributed by atoms with Gasteiger partial charge in [-0.05, 0) is 51.0 Å². The molecule has 1 heterocycles. The van der Waals surface area contributed by atoms with Crippen molar-refractivity contribution in [2.45, 2.75) is 43.7 Å². The lowest BCUT2D eigenvalue weighted by molar-refractivity contribution is 0.0714. The van der Waals surface area contributed by atoms with Gasteiger partial charge in [-0.3, -0.25) is 4.79 Å². The number of hydrogen-bond acceptors (Lipinski definition) is 4. The number of benzene rings is 1. The number of halogens is 1. The molecule has 0 saturated carbocycles. The maximum absolute atomic E-state index is 12.4. The van der Waals surface area contributed by atoms with Crippen molar-refractivity contribution in [3.05, 3.63) is 29.8 Å². The monoisotopic (exact) mass is 375 g/mol. The summed E-state index contributed by atoms with van der Waals surface area (Å²) in [4.78, 5) is 14.4. The zero-order valence-electron chi connectivity index (χ0n) is 14.3. The predicted octanol–water partition coefficient (Wildman–Crippen LogP) is 1.70. The number of nitrogens with zero attached hydrogens (tertiary/aromatic N) is 2. The molecule has 8 heteroatoms. The smallest absolute Gasteiger partial charge is 0.253 e. The predicted molar refractivity (Wildman–Crippen MR) is 96.9 cm³/mol. The summed E-state index contributed by atoms with van der Waals surface area (Å²) in [5.74, 6) is -0.0712. The average Bonchev–Trinajstić information content (AvgIpc) is 2.54. The van der Waals surface area contributed by atoms with Gasteiger partial charge in [-0.15, -0.1) is 12.4 Å². The highest BCUT2D eigenvalue weighted by Gasteiger charge is 2.25. The largest absolute Gasteiger partial charge is 0.339 e. The Morgan fingerprint density at radius 3 is 2.17 bits per heavy atom. The number of amides is 1. The fraction of sp³-hybridized carbons (Fsp3) is 0.562. The zero-order chi connectivity index (χ0) is 17.2. The molecule has 1 saturated heterocycles. The van der Waals surface area contributed by atoms with Gasteiger partial charge in [0, 0.05) is 37.8 Å². The van der Waals surface area contributed by atoms with Crippen molar-refractivity contribution in [1.82, 2.24) is 9.21 Å². The van der Waals surface area contributed by atoms with Gasteiger partial charge in [-0.2, -0.15) is 4.31 Å². The molecule has 0 aromatic heterocycles. The van der Waals surface area contributed by atoms with Crippen LogP contribution in [0.25, 0.3) is 0 Å². The fourth-order valence-electron chi connectivity index (χ4n) is 2.50. The van der Waals surface area contributed by atoms with Gasteiger partial charge in [0.25, 0.3) is 5.91 Å². The summed E-state index contributed by atoms with van der Waals surface area (Å²) in [6.07, 6.45) is 1.61. The van der Waals surface area contributed by atoms with Crippen LogP contribution in [-0.2, 0) is 10.0 Å². The van der Waals surface area contributed by atoms with Crippen LogP contribution in [-0.4, -0.2) is 55.8 Å². The van der Waals surface area contributed by atoms with E-state index in [2.05, 4.69) is 0 Å². The molecule has 0 atom stereocenters. The quantitative estimate of drug-likeness (QED) is 0.868. The second kappa shape index (κ2) is 8.29. The van der Waals surface area contributed by atoms with Crippen molar-refractivity contribution >= 4 is 28.3 Å². The number of carbonyl (C=O) groups is 1. The van der Waals surface area contributed by atoms with E-state index in [4.69, 9.17) is 5.73 Å². The molecule has 24 heavy (non-hydrogen) atoms. The van der Waals surface area contributed by atoms with E-state index in [1.54, 1.807) is 24.1 Å². The first kappa shape index (κ1) is 20.9. The first-order chi connectivity index (χ1) is 10.7. The van der Waals surface area contributed by atoms with Crippen LogP contribution in [0.15, 0.2) is 29.2 Å². The van der Waals surface area contributed by atoms with Crippen LogP contribution in [0.1, 0.15) is 37.0 Å². The Morgan fingerprint density at radius 1 is 1.21 bits per heavy atom. The standard InChI is InChI=1S/C16H25N3O3S.ClH/c1-12(2)18(3)23(21,22)15-6-4-13(5-7-15)16(20)19-10-8-14(17)9-11-19;/h4-7,12,14H,8-11,17H2,1-3H3;1H. The number of nitrogens with two attached hydrogens (primary N) is 1. The van der Waals surface area contributed by atoms with Gasteiger partial charge in [0.2, 0.25) is 10.0 Å². The number of carbonyl (C=O) groups excluding carboxylic acids is 1. The minimum absolute atomic E-state index is 0. The summed E-state index contributed by atoms with van der Waals surface area (Å²) in [6, 6.07) is 6.20. The lowest BCUT2D eigenvalue weighted by atomic mass is 10.1. The minimum atomic E-state index is -3.52. The summed E-state index contributed by atoms with van der Waals surface area (Å²) < 4.78 is 26.1. The van der Waals surface area contributed by atoms with Gasteiger partial charge >= 0.3 is 0 Å². The van der Waals surface area contributed by atoms with Crippen LogP contribution in [0.3, 0.4) is 0 Å². The van der Waals surface area contributed by atoms with Gasteiger partial charge in [0.15, 0.2) is 0 Å². The number of hydrogen-bond donors (Lipinski definition) is 1. The number of likely N-dealkylation sites (tertiary alicyclic amines) is 1. The molecular weight excluding hydrogens is 350 g/mol. The lowest BCUT2D eigenvalue weighted by Crippen LogP contribution is -2.42. The zero-order valence-corrected chi connectivity index (χ0v) is 15.9. The Labute approximate surface area is 150 Å². The third kappa shape index (κ3) is 4.47. The summed E-state index contributed by atoms with van der Waals surface area (Å²) in [7, 11) is -1.97. The number of piperidine rings is 1. The van der Waals surface area contributed by atoms with Crippen LogP contribution < -0.4 is 5.73 Å². The van der Waals surface area contributed by atoms with Crippen LogP contribution >= 0.6 is 12.4 Å². The van der Waals surface area contributed by atoms with Crippen LogP contribution in [0.4, 0.5) is 0 Å². The highest BCUT2D eigenvalue weighted by atomic mass is 35.5. The molecule has 0 bridgehead atoms. The molecule has 0 radical (unpaired) electrons. The first-order valence-electron chi connectivity index (χ1n) is 7.86. The van der Waals surface area contributed by atoms with Gasteiger partial charge < -0.3 is 10.6 Å². The Hall–Kier alpha value is -1.15. The van der Waals surface area contributed by atoms with E-state index in [-0.39, 0.29) is 35.3 Å². The number of rotatable bonds is 4. The van der Waals surface area contributed by atoms with E-state index in [1.807, 2.05) is 13.8 Å². The van der Waals surface area contributed by atoms with Crippen molar-refractivity contribution in [1.29, 1.82) is 0 Å². The molecule has 2 rings (SSSR count). The third-order valence-corrected chi connectivity index (χ3v) is 6.38. The average molecular weight is 376 g/mol. The summed E-state index contributed by atoms with van der Waals surface area (Å²) in [5.41, 5.74) is 6.35. The fourth-order valence-corrected chi connectivity index (χ4v) is 3.87. The van der Waals surface area contributed by atoms with Gasteiger partial charge in [0.05, 0.1) is 4.90 Å². The first-order valence-corrected chi connectivity index (χ1v) is 9.30. The highest BCUT2D eigenvalue weighted by Crippen LogP contribution is 2.19. The Kier molecular flexibility index (Phi) is 7.22. The maximum atomic E-state index is 12.4. The van der Waals surface area contributed by atoms with Crippen LogP contribution in [0, 0.1) is 0 Å². The lowest BCUT2D eigenvalue weighted by Gasteiger charge is -2.30. The molecule has 1 aliphatic rings. The Bertz CT molecular complexity index is 654. The molecule has 0 unspecified atom stereocenters. The van der Waals surface area contributed by atoms with E-state index in [0.29, 0.717) is 18.7 Å². The van der Waals surface area contributed by atoms with Gasteiger partial charge in [0.1, 0.15) is 0 Å². The van der Waals surface area contributed by atoms with E-state index in [0.717, 1.165) is 12.8 Å². The summed E-state index contributed by atoms with van der Waals surface area (Å²) >= 11 is 0. The van der Waals surface area contributed by atoms with E-state index in [9.17, 15) is 13.2 Å². The molecule has 1 amide bonds. The van der Waals surface area contributed by atoms with E-state index in [1.165, 1.54) is 16.4 Å². The molecule has 1 aromatic rings. The van der Waals surface area contributed by atoms with E-state index >= 15 is 0 Å². The van der Waals surface area contributed by atoms with Crippen molar-refractivity contribution in [2.24, 2.45) is 5.73 Å². The normalized spacial score (nSPS) is 16.3. The van der Waals surface area contributed by atoms with Gasteiger partial charge in [-0.25, -0.2) is 8.42 Å². The third-order valence-electron chi connectivity index (χ3n) is 4.33. The molecule has 1 aliphatic heterocycles.